The van der Waals surface area contributed by atoms with E-state index in [9.17, 15) is 0 Å². The molecule has 0 aromatic heterocycles. The molecule has 0 amide bonds. The summed E-state index contributed by atoms with van der Waals surface area (Å²) in [4.78, 5) is 1.23. The van der Waals surface area contributed by atoms with Crippen molar-refractivity contribution >= 4 is 11.8 Å². The molecule has 72 valence electrons. The Morgan fingerprint density at radius 3 is 2.46 bits per heavy atom. The van der Waals surface area contributed by atoms with Gasteiger partial charge in [0.05, 0.1) is 7.11 Å². The van der Waals surface area contributed by atoms with Crippen LogP contribution in [-0.4, -0.2) is 18.9 Å². The van der Waals surface area contributed by atoms with Crippen molar-refractivity contribution in [2.75, 3.05) is 12.9 Å². The first-order chi connectivity index (χ1) is 6.22. The van der Waals surface area contributed by atoms with Crippen molar-refractivity contribution < 1.29 is 4.74 Å². The van der Waals surface area contributed by atoms with E-state index < -0.39 is 0 Å². The normalized spacial score (nSPS) is 12.5. The molecule has 0 bridgehead atoms. The summed E-state index contributed by atoms with van der Waals surface area (Å²) in [5.41, 5.74) is 5.65. The van der Waals surface area contributed by atoms with Crippen LogP contribution in [0.15, 0.2) is 29.2 Å². The molecule has 0 aliphatic carbocycles. The van der Waals surface area contributed by atoms with Gasteiger partial charge in [-0.2, -0.15) is 0 Å². The Morgan fingerprint density at radius 1 is 1.38 bits per heavy atom. The van der Waals surface area contributed by atoms with Crippen molar-refractivity contribution in [3.63, 3.8) is 0 Å². The number of benzene rings is 1. The number of hydrogen-bond donors (Lipinski definition) is 1. The van der Waals surface area contributed by atoms with Crippen LogP contribution in [0.25, 0.3) is 0 Å². The van der Waals surface area contributed by atoms with Crippen molar-refractivity contribution in [1.29, 1.82) is 0 Å². The monoisotopic (exact) mass is 197 g/mol. The molecule has 0 unspecified atom stereocenters. The third kappa shape index (κ3) is 3.70. The molecule has 1 rings (SSSR count). The van der Waals surface area contributed by atoms with Crippen molar-refractivity contribution in [2.45, 2.75) is 17.9 Å². The van der Waals surface area contributed by atoms with E-state index in [-0.39, 0.29) is 6.04 Å². The van der Waals surface area contributed by atoms with E-state index in [2.05, 4.69) is 0 Å². The Labute approximate surface area is 83.5 Å². The largest absolute Gasteiger partial charge is 0.497 e. The molecule has 0 aliphatic rings. The zero-order chi connectivity index (χ0) is 9.68. The molecule has 1 aromatic carbocycles. The molecule has 1 atom stereocenters. The van der Waals surface area contributed by atoms with E-state index in [0.29, 0.717) is 0 Å². The second-order valence-electron chi connectivity index (χ2n) is 2.96. The summed E-state index contributed by atoms with van der Waals surface area (Å²) in [7, 11) is 1.67. The van der Waals surface area contributed by atoms with Gasteiger partial charge in [0.25, 0.3) is 0 Å². The van der Waals surface area contributed by atoms with Crippen LogP contribution in [0, 0.1) is 0 Å². The fourth-order valence-electron chi connectivity index (χ4n) is 0.900. The van der Waals surface area contributed by atoms with Crippen molar-refractivity contribution in [1.82, 2.24) is 0 Å². The molecular weight excluding hydrogens is 182 g/mol. The molecule has 2 nitrogen and oxygen atoms in total. The Kier molecular flexibility index (Phi) is 4.12. The van der Waals surface area contributed by atoms with Gasteiger partial charge in [-0.05, 0) is 31.2 Å². The van der Waals surface area contributed by atoms with E-state index >= 15 is 0 Å². The summed E-state index contributed by atoms with van der Waals surface area (Å²) >= 11 is 1.77. The smallest absolute Gasteiger partial charge is 0.118 e. The SMILES string of the molecule is COc1ccc(SC[C@@H](C)N)cc1. The molecule has 13 heavy (non-hydrogen) atoms. The fraction of sp³-hybridized carbons (Fsp3) is 0.400. The summed E-state index contributed by atoms with van der Waals surface area (Å²) < 4.78 is 5.06. The highest BCUT2D eigenvalue weighted by Gasteiger charge is 1.97. The van der Waals surface area contributed by atoms with E-state index in [1.54, 1.807) is 18.9 Å². The lowest BCUT2D eigenvalue weighted by molar-refractivity contribution is 0.414. The predicted octanol–water partition coefficient (Wildman–Crippen LogP) is 2.13. The lowest BCUT2D eigenvalue weighted by Gasteiger charge is -2.05. The van der Waals surface area contributed by atoms with E-state index in [0.717, 1.165) is 11.5 Å². The first-order valence-corrected chi connectivity index (χ1v) is 5.23. The van der Waals surface area contributed by atoms with Gasteiger partial charge in [0.15, 0.2) is 0 Å². The third-order valence-electron chi connectivity index (χ3n) is 1.57. The summed E-state index contributed by atoms with van der Waals surface area (Å²) in [5.74, 6) is 1.84. The minimum absolute atomic E-state index is 0.243. The number of rotatable bonds is 4. The average Bonchev–Trinajstić information content (AvgIpc) is 2.15. The van der Waals surface area contributed by atoms with Crippen molar-refractivity contribution in [2.24, 2.45) is 5.73 Å². The summed E-state index contributed by atoms with van der Waals surface area (Å²) in [5, 5.41) is 0. The molecule has 0 saturated carbocycles. The number of nitrogens with two attached hydrogens (primary N) is 1. The number of hydrogen-bond acceptors (Lipinski definition) is 3. The van der Waals surface area contributed by atoms with Gasteiger partial charge >= 0.3 is 0 Å². The maximum absolute atomic E-state index is 5.65. The molecular formula is C10H15NOS. The van der Waals surface area contributed by atoms with Crippen LogP contribution in [0.2, 0.25) is 0 Å². The standard InChI is InChI=1S/C10H15NOS/c1-8(11)7-13-10-5-3-9(12-2)4-6-10/h3-6,8H,7,11H2,1-2H3/t8-/m1/s1. The zero-order valence-electron chi connectivity index (χ0n) is 7.99. The van der Waals surface area contributed by atoms with Crippen LogP contribution in [-0.2, 0) is 0 Å². The summed E-state index contributed by atoms with van der Waals surface area (Å²) in [6.45, 7) is 2.01. The molecule has 1 aromatic rings. The highest BCUT2D eigenvalue weighted by atomic mass is 32.2. The van der Waals surface area contributed by atoms with Gasteiger partial charge in [0, 0.05) is 16.7 Å². The van der Waals surface area contributed by atoms with Crippen molar-refractivity contribution in [3.8, 4) is 5.75 Å². The molecule has 0 heterocycles. The average molecular weight is 197 g/mol. The van der Waals surface area contributed by atoms with Gasteiger partial charge in [-0.1, -0.05) is 0 Å². The second-order valence-corrected chi connectivity index (χ2v) is 4.06. The molecule has 2 N–H and O–H groups in total. The fourth-order valence-corrected chi connectivity index (χ4v) is 1.68. The van der Waals surface area contributed by atoms with E-state index in [4.69, 9.17) is 10.5 Å². The molecule has 0 aliphatic heterocycles. The van der Waals surface area contributed by atoms with Crippen LogP contribution >= 0.6 is 11.8 Å². The molecule has 0 spiro atoms. The third-order valence-corrected chi connectivity index (χ3v) is 2.87. The van der Waals surface area contributed by atoms with E-state index in [1.807, 2.05) is 31.2 Å². The van der Waals surface area contributed by atoms with Crippen LogP contribution in [0.5, 0.6) is 5.75 Å². The van der Waals surface area contributed by atoms with Gasteiger partial charge in [-0.3, -0.25) is 0 Å². The van der Waals surface area contributed by atoms with Gasteiger partial charge in [-0.25, -0.2) is 0 Å². The Hall–Kier alpha value is -0.670. The maximum atomic E-state index is 5.65. The maximum Gasteiger partial charge on any atom is 0.118 e. The summed E-state index contributed by atoms with van der Waals surface area (Å²) in [6.07, 6.45) is 0. The molecule has 0 fully saturated rings. The highest BCUT2D eigenvalue weighted by Crippen LogP contribution is 2.21. The minimum atomic E-state index is 0.243. The first kappa shape index (κ1) is 10.4. The molecule has 0 saturated heterocycles. The van der Waals surface area contributed by atoms with Gasteiger partial charge in [-0.15, -0.1) is 11.8 Å². The van der Waals surface area contributed by atoms with Crippen LogP contribution in [0.3, 0.4) is 0 Å². The minimum Gasteiger partial charge on any atom is -0.497 e. The second kappa shape index (κ2) is 5.14. The topological polar surface area (TPSA) is 35.2 Å². The van der Waals surface area contributed by atoms with Gasteiger partial charge in [0.1, 0.15) is 5.75 Å². The Balaban J connectivity index is 2.49. The highest BCUT2D eigenvalue weighted by molar-refractivity contribution is 7.99. The zero-order valence-corrected chi connectivity index (χ0v) is 8.80. The number of ether oxygens (including phenoxy) is 1. The first-order valence-electron chi connectivity index (χ1n) is 4.25. The summed E-state index contributed by atoms with van der Waals surface area (Å²) in [6, 6.07) is 8.26. The van der Waals surface area contributed by atoms with Crippen LogP contribution < -0.4 is 10.5 Å². The predicted molar refractivity (Wildman–Crippen MR) is 57.4 cm³/mol. The van der Waals surface area contributed by atoms with Gasteiger partial charge < -0.3 is 10.5 Å². The molecule has 0 radical (unpaired) electrons. The lowest BCUT2D eigenvalue weighted by Crippen LogP contribution is -2.17. The quantitative estimate of drug-likeness (QED) is 0.751. The van der Waals surface area contributed by atoms with E-state index in [1.165, 1.54) is 4.90 Å². The number of methoxy groups -OCH3 is 1. The Morgan fingerprint density at radius 2 is 2.00 bits per heavy atom. The van der Waals surface area contributed by atoms with Crippen molar-refractivity contribution in [3.05, 3.63) is 24.3 Å². The van der Waals surface area contributed by atoms with Crippen LogP contribution in [0.1, 0.15) is 6.92 Å². The van der Waals surface area contributed by atoms with Gasteiger partial charge in [0.2, 0.25) is 0 Å². The van der Waals surface area contributed by atoms with Crippen LogP contribution in [0.4, 0.5) is 0 Å². The molecule has 3 heteroatoms. The Bertz CT molecular complexity index is 246. The number of thioether (sulfide) groups is 1. The lowest BCUT2D eigenvalue weighted by atomic mass is 10.3.